The van der Waals surface area contributed by atoms with Gasteiger partial charge in [-0.3, -0.25) is 0 Å². The quantitative estimate of drug-likeness (QED) is 0.201. The third kappa shape index (κ3) is 5.20. The van der Waals surface area contributed by atoms with E-state index >= 15 is 0 Å². The van der Waals surface area contributed by atoms with Gasteiger partial charge in [0.05, 0.1) is 38.5 Å². The predicted octanol–water partition coefficient (Wildman–Crippen LogP) is 5.65. The molecular weight excluding hydrogens is 430 g/mol. The molecule has 162 valence electrons. The van der Waals surface area contributed by atoms with Gasteiger partial charge in [0, 0.05) is 5.02 Å². The summed E-state index contributed by atoms with van der Waals surface area (Å²) in [5, 5.41) is 10.1. The number of hydrogen-bond acceptors (Lipinski definition) is 6. The van der Waals surface area contributed by atoms with Crippen molar-refractivity contribution in [3.05, 3.63) is 82.4 Å². The van der Waals surface area contributed by atoms with E-state index in [1.165, 1.54) is 20.3 Å². The van der Waals surface area contributed by atoms with Crippen LogP contribution in [0.5, 0.6) is 23.0 Å². The summed E-state index contributed by atoms with van der Waals surface area (Å²) >= 11 is 5.94. The van der Waals surface area contributed by atoms with Gasteiger partial charge in [0.15, 0.2) is 23.0 Å². The van der Waals surface area contributed by atoms with E-state index in [9.17, 15) is 10.1 Å². The fourth-order valence-corrected chi connectivity index (χ4v) is 3.17. The summed E-state index contributed by atoms with van der Waals surface area (Å²) in [6.07, 6.45) is 1.70. The van der Waals surface area contributed by atoms with Gasteiger partial charge in [0.25, 0.3) is 0 Å². The third-order valence-corrected chi connectivity index (χ3v) is 4.81. The lowest BCUT2D eigenvalue weighted by atomic mass is 10.0. The van der Waals surface area contributed by atoms with Gasteiger partial charge in [-0.05, 0) is 65.7 Å². The average molecular weight is 450 g/mol. The molecule has 0 aromatic heterocycles. The number of hydrogen-bond donors (Lipinski definition) is 0. The zero-order chi connectivity index (χ0) is 23.1. The minimum absolute atomic E-state index is 0.249. The second-order valence-electron chi connectivity index (χ2n) is 6.55. The van der Waals surface area contributed by atoms with Crippen molar-refractivity contribution in [2.45, 2.75) is 0 Å². The Morgan fingerprint density at radius 1 is 0.844 bits per heavy atom. The van der Waals surface area contributed by atoms with Gasteiger partial charge in [-0.1, -0.05) is 23.7 Å². The van der Waals surface area contributed by atoms with Crippen molar-refractivity contribution in [1.29, 1.82) is 5.26 Å². The molecular formula is C25H20ClNO5. The van der Waals surface area contributed by atoms with Crippen LogP contribution in [0, 0.1) is 11.3 Å². The molecule has 0 spiro atoms. The molecule has 0 aliphatic heterocycles. The summed E-state index contributed by atoms with van der Waals surface area (Å²) in [4.78, 5) is 12.4. The van der Waals surface area contributed by atoms with Crippen molar-refractivity contribution in [3.63, 3.8) is 0 Å². The third-order valence-electron chi connectivity index (χ3n) is 4.58. The summed E-state index contributed by atoms with van der Waals surface area (Å²) in [6.45, 7) is 0. The predicted molar refractivity (Wildman–Crippen MR) is 122 cm³/mol. The molecule has 0 atom stereocenters. The number of carbonyl (C=O) groups is 1. The van der Waals surface area contributed by atoms with Crippen LogP contribution >= 0.6 is 11.6 Å². The molecule has 0 aliphatic carbocycles. The topological polar surface area (TPSA) is 77.8 Å². The fourth-order valence-electron chi connectivity index (χ4n) is 2.98. The van der Waals surface area contributed by atoms with Crippen LogP contribution in [-0.4, -0.2) is 27.3 Å². The summed E-state index contributed by atoms with van der Waals surface area (Å²) in [5.74, 6) is 1.13. The van der Waals surface area contributed by atoms with Crippen molar-refractivity contribution in [1.82, 2.24) is 0 Å². The van der Waals surface area contributed by atoms with Crippen LogP contribution in [-0.2, 0) is 0 Å². The maximum atomic E-state index is 12.4. The monoisotopic (exact) mass is 449 g/mol. The van der Waals surface area contributed by atoms with Gasteiger partial charge < -0.3 is 18.9 Å². The Morgan fingerprint density at radius 3 is 2.19 bits per heavy atom. The Morgan fingerprint density at radius 2 is 1.53 bits per heavy atom. The van der Waals surface area contributed by atoms with E-state index in [-0.39, 0.29) is 5.75 Å². The first-order valence-corrected chi connectivity index (χ1v) is 9.86. The SMILES string of the molecule is COc1ccc(/C(C#N)=C\c2ccc(OC(=O)c3cccc(Cl)c3)c(OC)c2)cc1OC. The highest BCUT2D eigenvalue weighted by Gasteiger charge is 2.14. The molecule has 0 N–H and O–H groups in total. The van der Waals surface area contributed by atoms with E-state index in [2.05, 4.69) is 6.07 Å². The second-order valence-corrected chi connectivity index (χ2v) is 6.99. The van der Waals surface area contributed by atoms with Gasteiger partial charge in [-0.2, -0.15) is 5.26 Å². The van der Waals surface area contributed by atoms with Crippen molar-refractivity contribution in [2.24, 2.45) is 0 Å². The number of rotatable bonds is 7. The fraction of sp³-hybridized carbons (Fsp3) is 0.120. The lowest BCUT2D eigenvalue weighted by Crippen LogP contribution is -2.09. The first-order chi connectivity index (χ1) is 15.5. The standard InChI is InChI=1S/C25H20ClNO5/c1-29-21-10-8-17(14-24(21)31-3)19(15-27)11-16-7-9-22(23(12-16)30-2)32-25(28)18-5-4-6-20(26)13-18/h4-14H,1-3H3/b19-11-. The number of benzene rings is 3. The molecule has 0 fully saturated rings. The summed E-state index contributed by atoms with van der Waals surface area (Å²) in [7, 11) is 4.55. The molecule has 3 rings (SSSR count). The van der Waals surface area contributed by atoms with Crippen LogP contribution in [0.1, 0.15) is 21.5 Å². The van der Waals surface area contributed by atoms with Crippen LogP contribution in [0.15, 0.2) is 60.7 Å². The number of halogens is 1. The normalized spacial score (nSPS) is 10.8. The number of allylic oxidation sites excluding steroid dienone is 1. The Bertz CT molecular complexity index is 1210. The van der Waals surface area contributed by atoms with E-state index in [0.717, 1.165) is 0 Å². The van der Waals surface area contributed by atoms with E-state index in [1.807, 2.05) is 0 Å². The van der Waals surface area contributed by atoms with E-state index in [1.54, 1.807) is 67.8 Å². The number of carbonyl (C=O) groups excluding carboxylic acids is 1. The van der Waals surface area contributed by atoms with E-state index < -0.39 is 5.97 Å². The van der Waals surface area contributed by atoms with Crippen molar-refractivity contribution >= 4 is 29.2 Å². The molecule has 0 amide bonds. The number of ether oxygens (including phenoxy) is 4. The van der Waals surface area contributed by atoms with Gasteiger partial charge in [-0.15, -0.1) is 0 Å². The highest BCUT2D eigenvalue weighted by atomic mass is 35.5. The Balaban J connectivity index is 1.89. The molecule has 6 nitrogen and oxygen atoms in total. The summed E-state index contributed by atoms with van der Waals surface area (Å²) in [6, 6.07) is 18.9. The zero-order valence-corrected chi connectivity index (χ0v) is 18.5. The molecule has 7 heteroatoms. The van der Waals surface area contributed by atoms with Gasteiger partial charge in [0.1, 0.15) is 0 Å². The maximum absolute atomic E-state index is 12.4. The molecule has 0 radical (unpaired) electrons. The van der Waals surface area contributed by atoms with Crippen LogP contribution < -0.4 is 18.9 Å². The molecule has 3 aromatic rings. The molecule has 0 heterocycles. The second kappa shape index (κ2) is 10.4. The Labute approximate surface area is 191 Å². The molecule has 0 unspecified atom stereocenters. The Kier molecular flexibility index (Phi) is 7.37. The molecule has 0 aliphatic rings. The molecule has 0 bridgehead atoms. The molecule has 0 saturated heterocycles. The largest absolute Gasteiger partial charge is 0.493 e. The highest BCUT2D eigenvalue weighted by molar-refractivity contribution is 6.30. The lowest BCUT2D eigenvalue weighted by molar-refractivity contribution is 0.0729. The minimum atomic E-state index is -0.558. The number of nitrogens with zero attached hydrogens (tertiary/aromatic N) is 1. The lowest BCUT2D eigenvalue weighted by Gasteiger charge is -2.11. The first-order valence-electron chi connectivity index (χ1n) is 9.49. The average Bonchev–Trinajstić information content (AvgIpc) is 2.82. The van der Waals surface area contributed by atoms with Gasteiger partial charge >= 0.3 is 5.97 Å². The molecule has 0 saturated carbocycles. The van der Waals surface area contributed by atoms with Crippen molar-refractivity contribution < 1.29 is 23.7 Å². The van der Waals surface area contributed by atoms with Crippen LogP contribution in [0.2, 0.25) is 5.02 Å². The first kappa shape index (κ1) is 22.7. The number of methoxy groups -OCH3 is 3. The van der Waals surface area contributed by atoms with E-state index in [4.69, 9.17) is 30.5 Å². The highest BCUT2D eigenvalue weighted by Crippen LogP contribution is 2.33. The smallest absolute Gasteiger partial charge is 0.343 e. The van der Waals surface area contributed by atoms with Crippen molar-refractivity contribution in [3.8, 4) is 29.1 Å². The van der Waals surface area contributed by atoms with E-state index in [0.29, 0.717) is 44.5 Å². The van der Waals surface area contributed by atoms with Crippen LogP contribution in [0.3, 0.4) is 0 Å². The summed E-state index contributed by atoms with van der Waals surface area (Å²) < 4.78 is 21.4. The van der Waals surface area contributed by atoms with Crippen LogP contribution in [0.4, 0.5) is 0 Å². The minimum Gasteiger partial charge on any atom is -0.493 e. The maximum Gasteiger partial charge on any atom is 0.343 e. The molecule has 3 aromatic carbocycles. The van der Waals surface area contributed by atoms with Crippen LogP contribution in [0.25, 0.3) is 11.6 Å². The molecule has 32 heavy (non-hydrogen) atoms. The number of esters is 1. The van der Waals surface area contributed by atoms with Gasteiger partial charge in [0.2, 0.25) is 0 Å². The number of nitriles is 1. The summed E-state index contributed by atoms with van der Waals surface area (Å²) in [5.41, 5.74) is 2.09. The Hall–Kier alpha value is -3.95. The van der Waals surface area contributed by atoms with Gasteiger partial charge in [-0.25, -0.2) is 4.79 Å². The zero-order valence-electron chi connectivity index (χ0n) is 17.7. The van der Waals surface area contributed by atoms with Crippen molar-refractivity contribution in [2.75, 3.05) is 21.3 Å².